The third-order valence-corrected chi connectivity index (χ3v) is 4.46. The van der Waals surface area contributed by atoms with E-state index in [1.54, 1.807) is 6.07 Å². The number of benzene rings is 1. The van der Waals surface area contributed by atoms with Gasteiger partial charge >= 0.3 is 5.97 Å². The van der Waals surface area contributed by atoms with E-state index in [1.165, 1.54) is 6.92 Å². The molecule has 1 fully saturated rings. The van der Waals surface area contributed by atoms with Gasteiger partial charge in [-0.25, -0.2) is 13.6 Å². The normalized spacial score (nSPS) is 14.8. The lowest BCUT2D eigenvalue weighted by atomic mass is 10.2. The summed E-state index contributed by atoms with van der Waals surface area (Å²) in [6.45, 7) is 5.14. The molecule has 0 saturated heterocycles. The third-order valence-electron chi connectivity index (χ3n) is 4.46. The molecule has 1 amide bonds. The SMILES string of the molecule is Cc1cc(C(=O)O[C@H](C)C(=O)Nc2cc(F)ccc2F)c(C)n1C1CC1. The Morgan fingerprint density at radius 2 is 1.92 bits per heavy atom. The predicted octanol–water partition coefficient (Wildman–Crippen LogP) is 3.90. The minimum atomic E-state index is -1.16. The molecule has 1 atom stereocenters. The molecule has 26 heavy (non-hydrogen) atoms. The molecule has 1 aliphatic carbocycles. The van der Waals surface area contributed by atoms with Gasteiger partial charge in [0.25, 0.3) is 5.91 Å². The smallest absolute Gasteiger partial charge is 0.340 e. The van der Waals surface area contributed by atoms with Crippen LogP contribution < -0.4 is 5.32 Å². The molecule has 1 N–H and O–H groups in total. The summed E-state index contributed by atoms with van der Waals surface area (Å²) in [7, 11) is 0. The molecule has 1 saturated carbocycles. The van der Waals surface area contributed by atoms with Crippen molar-refractivity contribution in [2.75, 3.05) is 5.32 Å². The van der Waals surface area contributed by atoms with Crippen LogP contribution in [0.2, 0.25) is 0 Å². The summed E-state index contributed by atoms with van der Waals surface area (Å²) in [5.74, 6) is -2.81. The van der Waals surface area contributed by atoms with Crippen LogP contribution in [-0.2, 0) is 9.53 Å². The third kappa shape index (κ3) is 3.61. The predicted molar refractivity (Wildman–Crippen MR) is 92.0 cm³/mol. The standard InChI is InChI=1S/C19H20F2N2O3/c1-10-8-15(11(2)23(10)14-5-6-14)19(25)26-12(3)18(24)22-17-9-13(20)4-7-16(17)21/h4,7-9,12,14H,5-6H2,1-3H3,(H,22,24)/t12-/m1/s1. The maximum absolute atomic E-state index is 13.6. The van der Waals surface area contributed by atoms with Gasteiger partial charge in [0.2, 0.25) is 0 Å². The van der Waals surface area contributed by atoms with Crippen LogP contribution in [-0.4, -0.2) is 22.5 Å². The summed E-state index contributed by atoms with van der Waals surface area (Å²) in [6, 6.07) is 4.89. The number of amides is 1. The summed E-state index contributed by atoms with van der Waals surface area (Å²) < 4.78 is 34.1. The summed E-state index contributed by atoms with van der Waals surface area (Å²) >= 11 is 0. The number of carbonyl (C=O) groups is 2. The zero-order valence-electron chi connectivity index (χ0n) is 14.8. The second-order valence-corrected chi connectivity index (χ2v) is 6.55. The van der Waals surface area contributed by atoms with Crippen molar-refractivity contribution in [3.05, 3.63) is 52.9 Å². The zero-order valence-corrected chi connectivity index (χ0v) is 14.8. The van der Waals surface area contributed by atoms with Gasteiger partial charge in [-0.1, -0.05) is 0 Å². The quantitative estimate of drug-likeness (QED) is 0.821. The van der Waals surface area contributed by atoms with E-state index >= 15 is 0 Å². The average molecular weight is 362 g/mol. The van der Waals surface area contributed by atoms with Gasteiger partial charge in [-0.3, -0.25) is 4.79 Å². The number of rotatable bonds is 5. The van der Waals surface area contributed by atoms with E-state index in [1.807, 2.05) is 13.8 Å². The summed E-state index contributed by atoms with van der Waals surface area (Å²) in [5, 5.41) is 2.23. The molecule has 0 unspecified atom stereocenters. The first-order chi connectivity index (χ1) is 12.3. The van der Waals surface area contributed by atoms with E-state index < -0.39 is 29.6 Å². The Bertz CT molecular complexity index is 872. The van der Waals surface area contributed by atoms with Crippen molar-refractivity contribution >= 4 is 17.6 Å². The Hall–Kier alpha value is -2.70. The van der Waals surface area contributed by atoms with Gasteiger partial charge in [0.05, 0.1) is 11.3 Å². The maximum Gasteiger partial charge on any atom is 0.340 e. The van der Waals surface area contributed by atoms with Crippen molar-refractivity contribution in [2.45, 2.75) is 45.8 Å². The molecule has 1 heterocycles. The zero-order chi connectivity index (χ0) is 19.0. The second-order valence-electron chi connectivity index (χ2n) is 6.55. The fourth-order valence-electron chi connectivity index (χ4n) is 2.98. The highest BCUT2D eigenvalue weighted by Crippen LogP contribution is 2.38. The van der Waals surface area contributed by atoms with Crippen LogP contribution in [0.1, 0.15) is 47.6 Å². The van der Waals surface area contributed by atoms with Crippen LogP contribution >= 0.6 is 0 Å². The molecule has 0 spiro atoms. The lowest BCUT2D eigenvalue weighted by Crippen LogP contribution is -2.30. The van der Waals surface area contributed by atoms with Crippen molar-refractivity contribution in [1.29, 1.82) is 0 Å². The lowest BCUT2D eigenvalue weighted by molar-refractivity contribution is -0.123. The fourth-order valence-corrected chi connectivity index (χ4v) is 2.98. The Morgan fingerprint density at radius 3 is 2.58 bits per heavy atom. The number of esters is 1. The number of nitrogens with zero attached hydrogens (tertiary/aromatic N) is 1. The number of carbonyl (C=O) groups excluding carboxylic acids is 2. The lowest BCUT2D eigenvalue weighted by Gasteiger charge is -2.14. The first kappa shape index (κ1) is 18.1. The van der Waals surface area contributed by atoms with Crippen molar-refractivity contribution in [3.8, 4) is 0 Å². The van der Waals surface area contributed by atoms with Crippen LogP contribution in [0.3, 0.4) is 0 Å². The van der Waals surface area contributed by atoms with E-state index in [0.29, 0.717) is 11.6 Å². The van der Waals surface area contributed by atoms with Gasteiger partial charge in [-0.05, 0) is 51.8 Å². The van der Waals surface area contributed by atoms with E-state index in [4.69, 9.17) is 4.74 Å². The van der Waals surface area contributed by atoms with Gasteiger partial charge in [0.1, 0.15) is 11.6 Å². The molecule has 1 aliphatic rings. The fraction of sp³-hybridized carbons (Fsp3) is 0.368. The van der Waals surface area contributed by atoms with Crippen molar-refractivity contribution in [1.82, 2.24) is 4.57 Å². The number of halogens is 2. The van der Waals surface area contributed by atoms with Gasteiger partial charge in [-0.15, -0.1) is 0 Å². The Kier molecular flexibility index (Phi) is 4.80. The first-order valence-electron chi connectivity index (χ1n) is 8.43. The minimum absolute atomic E-state index is 0.301. The van der Waals surface area contributed by atoms with Gasteiger partial charge in [0, 0.05) is 23.5 Å². The topological polar surface area (TPSA) is 60.3 Å². The van der Waals surface area contributed by atoms with Gasteiger partial charge in [-0.2, -0.15) is 0 Å². The summed E-state index contributed by atoms with van der Waals surface area (Å²) in [5.41, 5.74) is 1.88. The largest absolute Gasteiger partial charge is 0.449 e. The van der Waals surface area contributed by atoms with Crippen molar-refractivity contribution in [2.24, 2.45) is 0 Å². The van der Waals surface area contributed by atoms with E-state index in [-0.39, 0.29) is 5.69 Å². The average Bonchev–Trinajstić information content (AvgIpc) is 3.36. The Labute approximate surface area is 150 Å². The number of anilines is 1. The monoisotopic (exact) mass is 362 g/mol. The number of hydrogen-bond donors (Lipinski definition) is 1. The molecular weight excluding hydrogens is 342 g/mol. The van der Waals surface area contributed by atoms with Crippen molar-refractivity contribution < 1.29 is 23.1 Å². The number of aryl methyl sites for hydroxylation is 1. The molecule has 1 aromatic heterocycles. The number of hydrogen-bond acceptors (Lipinski definition) is 3. The number of nitrogens with one attached hydrogen (secondary N) is 1. The summed E-state index contributed by atoms with van der Waals surface area (Å²) in [4.78, 5) is 24.5. The molecule has 0 radical (unpaired) electrons. The Balaban J connectivity index is 1.68. The van der Waals surface area contributed by atoms with Crippen LogP contribution in [0.4, 0.5) is 14.5 Å². The summed E-state index contributed by atoms with van der Waals surface area (Å²) in [6.07, 6.45) is 1.01. The van der Waals surface area contributed by atoms with E-state index in [9.17, 15) is 18.4 Å². The molecule has 138 valence electrons. The molecule has 2 aromatic rings. The van der Waals surface area contributed by atoms with Crippen LogP contribution in [0.5, 0.6) is 0 Å². The first-order valence-corrected chi connectivity index (χ1v) is 8.43. The molecule has 3 rings (SSSR count). The van der Waals surface area contributed by atoms with E-state index in [0.717, 1.165) is 42.4 Å². The molecule has 5 nitrogen and oxygen atoms in total. The minimum Gasteiger partial charge on any atom is -0.449 e. The molecule has 7 heteroatoms. The highest BCUT2D eigenvalue weighted by atomic mass is 19.1. The molecule has 0 aliphatic heterocycles. The van der Waals surface area contributed by atoms with Gasteiger partial charge in [0.15, 0.2) is 6.10 Å². The highest BCUT2D eigenvalue weighted by Gasteiger charge is 2.29. The van der Waals surface area contributed by atoms with E-state index in [2.05, 4.69) is 9.88 Å². The maximum atomic E-state index is 13.6. The number of ether oxygens (including phenoxy) is 1. The van der Waals surface area contributed by atoms with Crippen LogP contribution in [0.25, 0.3) is 0 Å². The molecule has 1 aromatic carbocycles. The molecular formula is C19H20F2N2O3. The second kappa shape index (κ2) is 6.90. The highest BCUT2D eigenvalue weighted by molar-refractivity contribution is 5.97. The van der Waals surface area contributed by atoms with Crippen molar-refractivity contribution in [3.63, 3.8) is 0 Å². The van der Waals surface area contributed by atoms with Gasteiger partial charge < -0.3 is 14.6 Å². The number of aromatic nitrogens is 1. The molecule has 0 bridgehead atoms. The van der Waals surface area contributed by atoms with Crippen LogP contribution in [0.15, 0.2) is 24.3 Å². The Morgan fingerprint density at radius 1 is 1.23 bits per heavy atom. The van der Waals surface area contributed by atoms with Crippen LogP contribution in [0, 0.1) is 25.5 Å².